The molecule has 3 aromatic rings. The van der Waals surface area contributed by atoms with E-state index in [0.717, 1.165) is 9.40 Å². The lowest BCUT2D eigenvalue weighted by molar-refractivity contribution is -0.140. The summed E-state index contributed by atoms with van der Waals surface area (Å²) in [4.78, 5) is 27.7. The summed E-state index contributed by atoms with van der Waals surface area (Å²) in [6.45, 7) is 1.28. The van der Waals surface area contributed by atoms with Gasteiger partial charge in [-0.3, -0.25) is 4.79 Å². The topological polar surface area (TPSA) is 55.7 Å². The minimum absolute atomic E-state index is 0.00193. The number of carbonyl (C=O) groups excluding carboxylic acids is 1. The fourth-order valence-electron chi connectivity index (χ4n) is 2.06. The lowest BCUT2D eigenvalue weighted by atomic mass is 10.1. The monoisotopic (exact) mass is 297 g/mol. The van der Waals surface area contributed by atoms with Crippen LogP contribution in [0.25, 0.3) is 20.2 Å². The second kappa shape index (κ2) is 5.46. The summed E-state index contributed by atoms with van der Waals surface area (Å²) < 4.78 is 1.89. The first-order valence-corrected chi connectivity index (χ1v) is 7.13. The third-order valence-corrected chi connectivity index (χ3v) is 4.13. The normalized spacial score (nSPS) is 11.3. The van der Waals surface area contributed by atoms with E-state index in [4.69, 9.17) is 0 Å². The van der Waals surface area contributed by atoms with Gasteiger partial charge in [0.2, 0.25) is 0 Å². The SMILES string of the molecule is CC(=O)O/N=C\c1ccc2sc3ccccc3c(=O)c2c1. The third kappa shape index (κ3) is 2.68. The number of nitrogens with zero attached hydrogens (tertiary/aromatic N) is 1. The summed E-state index contributed by atoms with van der Waals surface area (Å²) in [5, 5.41) is 4.92. The Bertz CT molecular complexity index is 928. The Hall–Kier alpha value is -2.53. The predicted octanol–water partition coefficient (Wildman–Crippen LogP) is 3.31. The molecule has 5 heteroatoms. The third-order valence-electron chi connectivity index (χ3n) is 2.98. The van der Waals surface area contributed by atoms with Crippen molar-refractivity contribution >= 4 is 43.7 Å². The van der Waals surface area contributed by atoms with Crippen LogP contribution < -0.4 is 5.43 Å². The van der Waals surface area contributed by atoms with Crippen molar-refractivity contribution in [1.82, 2.24) is 0 Å². The van der Waals surface area contributed by atoms with E-state index in [0.29, 0.717) is 16.3 Å². The molecule has 104 valence electrons. The molecule has 2 aromatic carbocycles. The van der Waals surface area contributed by atoms with Gasteiger partial charge < -0.3 is 4.84 Å². The molecule has 0 saturated heterocycles. The molecule has 21 heavy (non-hydrogen) atoms. The van der Waals surface area contributed by atoms with E-state index < -0.39 is 5.97 Å². The molecule has 0 aliphatic heterocycles. The van der Waals surface area contributed by atoms with Crippen LogP contribution in [0.1, 0.15) is 12.5 Å². The van der Waals surface area contributed by atoms with E-state index in [1.54, 1.807) is 17.4 Å². The number of hydrogen-bond donors (Lipinski definition) is 0. The quantitative estimate of drug-likeness (QED) is 0.315. The Labute approximate surface area is 124 Å². The average Bonchev–Trinajstić information content (AvgIpc) is 2.48. The molecule has 0 radical (unpaired) electrons. The minimum Gasteiger partial charge on any atom is -0.319 e. The Morgan fingerprint density at radius 3 is 2.71 bits per heavy atom. The van der Waals surface area contributed by atoms with Crippen molar-refractivity contribution in [2.24, 2.45) is 5.16 Å². The van der Waals surface area contributed by atoms with E-state index in [2.05, 4.69) is 9.99 Å². The molecule has 3 rings (SSSR count). The highest BCUT2D eigenvalue weighted by Gasteiger charge is 2.05. The zero-order valence-corrected chi connectivity index (χ0v) is 12.0. The molecule has 0 N–H and O–H groups in total. The van der Waals surface area contributed by atoms with Gasteiger partial charge in [-0.25, -0.2) is 4.79 Å². The van der Waals surface area contributed by atoms with Gasteiger partial charge in [-0.05, 0) is 29.8 Å². The van der Waals surface area contributed by atoms with Crippen molar-refractivity contribution < 1.29 is 9.63 Å². The molecule has 0 amide bonds. The maximum absolute atomic E-state index is 12.5. The second-order valence-corrected chi connectivity index (χ2v) is 5.58. The first kappa shape index (κ1) is 13.5. The van der Waals surface area contributed by atoms with Crippen LogP contribution in [0.3, 0.4) is 0 Å². The standard InChI is InChI=1S/C16H11NO3S/c1-10(18)20-17-9-11-6-7-15-13(8-11)16(19)12-4-2-3-5-14(12)21-15/h2-9H,1H3/b17-9-. The molecule has 0 fully saturated rings. The number of benzene rings is 2. The zero-order chi connectivity index (χ0) is 14.8. The first-order valence-electron chi connectivity index (χ1n) is 6.32. The van der Waals surface area contributed by atoms with Gasteiger partial charge in [-0.1, -0.05) is 23.4 Å². The summed E-state index contributed by atoms with van der Waals surface area (Å²) in [6, 6.07) is 13.0. The number of fused-ring (bicyclic) bond motifs is 2. The first-order chi connectivity index (χ1) is 10.1. The van der Waals surface area contributed by atoms with Crippen molar-refractivity contribution in [2.75, 3.05) is 0 Å². The second-order valence-electron chi connectivity index (χ2n) is 4.50. The van der Waals surface area contributed by atoms with Gasteiger partial charge in [0, 0.05) is 27.1 Å². The molecule has 0 saturated carbocycles. The van der Waals surface area contributed by atoms with Crippen LogP contribution in [-0.2, 0) is 9.63 Å². The summed E-state index contributed by atoms with van der Waals surface area (Å²) in [5.41, 5.74) is 0.713. The predicted molar refractivity (Wildman–Crippen MR) is 85.0 cm³/mol. The molecule has 0 bridgehead atoms. The number of hydrogen-bond acceptors (Lipinski definition) is 5. The molecule has 0 spiro atoms. The van der Waals surface area contributed by atoms with E-state index in [1.807, 2.05) is 36.4 Å². The molecule has 0 aliphatic carbocycles. The van der Waals surface area contributed by atoms with Crippen LogP contribution in [-0.4, -0.2) is 12.2 Å². The maximum Gasteiger partial charge on any atom is 0.331 e. The fraction of sp³-hybridized carbons (Fsp3) is 0.0625. The van der Waals surface area contributed by atoms with Crippen molar-refractivity contribution in [3.8, 4) is 0 Å². The lowest BCUT2D eigenvalue weighted by Gasteiger charge is -2.01. The van der Waals surface area contributed by atoms with Crippen molar-refractivity contribution in [1.29, 1.82) is 0 Å². The Morgan fingerprint density at radius 1 is 1.14 bits per heavy atom. The van der Waals surface area contributed by atoms with Crippen molar-refractivity contribution in [3.05, 3.63) is 58.3 Å². The van der Waals surface area contributed by atoms with Crippen LogP contribution in [0, 0.1) is 0 Å². The molecule has 1 aromatic heterocycles. The van der Waals surface area contributed by atoms with Gasteiger partial charge in [0.15, 0.2) is 5.43 Å². The summed E-state index contributed by atoms with van der Waals surface area (Å²) in [6.07, 6.45) is 1.42. The molecule has 0 unspecified atom stereocenters. The van der Waals surface area contributed by atoms with Gasteiger partial charge in [0.05, 0.1) is 6.21 Å². The highest BCUT2D eigenvalue weighted by molar-refractivity contribution is 7.24. The Morgan fingerprint density at radius 2 is 1.90 bits per heavy atom. The molecule has 0 atom stereocenters. The van der Waals surface area contributed by atoms with Gasteiger partial charge in [0.25, 0.3) is 0 Å². The van der Waals surface area contributed by atoms with Crippen LogP contribution in [0.5, 0.6) is 0 Å². The van der Waals surface area contributed by atoms with Crippen LogP contribution >= 0.6 is 11.3 Å². The minimum atomic E-state index is -0.482. The molecule has 1 heterocycles. The van der Waals surface area contributed by atoms with Gasteiger partial charge in [-0.2, -0.15) is 0 Å². The van der Waals surface area contributed by atoms with Gasteiger partial charge in [-0.15, -0.1) is 11.3 Å². The van der Waals surface area contributed by atoms with Crippen LogP contribution in [0.4, 0.5) is 0 Å². The molecular weight excluding hydrogens is 286 g/mol. The number of rotatable bonds is 2. The fourth-order valence-corrected chi connectivity index (χ4v) is 3.11. The van der Waals surface area contributed by atoms with E-state index in [1.165, 1.54) is 13.1 Å². The lowest BCUT2D eigenvalue weighted by Crippen LogP contribution is -2.01. The Kier molecular flexibility index (Phi) is 3.50. The zero-order valence-electron chi connectivity index (χ0n) is 11.2. The summed E-state index contributed by atoms with van der Waals surface area (Å²) >= 11 is 1.57. The van der Waals surface area contributed by atoms with Crippen LogP contribution in [0.2, 0.25) is 0 Å². The Balaban J connectivity index is 2.15. The van der Waals surface area contributed by atoms with Gasteiger partial charge >= 0.3 is 5.97 Å². The maximum atomic E-state index is 12.5. The summed E-state index contributed by atoms with van der Waals surface area (Å²) in [7, 11) is 0. The number of oxime groups is 1. The molecule has 0 aliphatic rings. The van der Waals surface area contributed by atoms with Crippen LogP contribution in [0.15, 0.2) is 52.4 Å². The highest BCUT2D eigenvalue weighted by Crippen LogP contribution is 2.24. The average molecular weight is 297 g/mol. The van der Waals surface area contributed by atoms with Crippen molar-refractivity contribution in [3.63, 3.8) is 0 Å². The van der Waals surface area contributed by atoms with E-state index in [-0.39, 0.29) is 5.43 Å². The molecule has 4 nitrogen and oxygen atoms in total. The summed E-state index contributed by atoms with van der Waals surface area (Å²) in [5.74, 6) is -0.482. The molecular formula is C16H11NO3S. The highest BCUT2D eigenvalue weighted by atomic mass is 32.1. The van der Waals surface area contributed by atoms with E-state index in [9.17, 15) is 9.59 Å². The van der Waals surface area contributed by atoms with Gasteiger partial charge in [0.1, 0.15) is 0 Å². The largest absolute Gasteiger partial charge is 0.331 e. The smallest absolute Gasteiger partial charge is 0.319 e. The van der Waals surface area contributed by atoms with E-state index >= 15 is 0 Å². The van der Waals surface area contributed by atoms with Crippen molar-refractivity contribution in [2.45, 2.75) is 6.92 Å². The number of carbonyl (C=O) groups is 1.